The van der Waals surface area contributed by atoms with Crippen molar-refractivity contribution in [3.8, 4) is 0 Å². The zero-order valence-electron chi connectivity index (χ0n) is 8.84. The Morgan fingerprint density at radius 3 is 2.93 bits per heavy atom. The smallest absolute Gasteiger partial charge is 0.133 e. The summed E-state index contributed by atoms with van der Waals surface area (Å²) in [5.74, 6) is 0.780. The van der Waals surface area contributed by atoms with Gasteiger partial charge in [-0.1, -0.05) is 13.8 Å². The van der Waals surface area contributed by atoms with Crippen molar-refractivity contribution < 1.29 is 4.79 Å². The molecule has 1 aromatic rings. The summed E-state index contributed by atoms with van der Waals surface area (Å²) in [6, 6.07) is 4.09. The summed E-state index contributed by atoms with van der Waals surface area (Å²) in [7, 11) is 0. The summed E-state index contributed by atoms with van der Waals surface area (Å²) in [6.07, 6.45) is 4.40. The van der Waals surface area contributed by atoms with Crippen LogP contribution in [0.15, 0.2) is 18.3 Å². The fraction of sp³-hybridized carbons (Fsp3) is 0.583. The molecule has 0 spiro atoms. The van der Waals surface area contributed by atoms with E-state index in [4.69, 9.17) is 0 Å². The first-order valence-electron chi connectivity index (χ1n) is 5.24. The first-order chi connectivity index (χ1) is 6.59. The third kappa shape index (κ3) is 1.61. The SMILES string of the molecule is CC1(C)CCC(=O)CC1c1ccc[nH]1. The molecule has 0 aromatic carbocycles. The maximum Gasteiger partial charge on any atom is 0.133 e. The number of aromatic nitrogens is 1. The number of ketones is 1. The lowest BCUT2D eigenvalue weighted by molar-refractivity contribution is -0.122. The van der Waals surface area contributed by atoms with Gasteiger partial charge in [0, 0.05) is 30.7 Å². The zero-order valence-corrected chi connectivity index (χ0v) is 8.84. The lowest BCUT2D eigenvalue weighted by atomic mass is 9.67. The number of hydrogen-bond donors (Lipinski definition) is 1. The van der Waals surface area contributed by atoms with E-state index in [0.717, 1.165) is 12.8 Å². The van der Waals surface area contributed by atoms with Crippen LogP contribution in [0.2, 0.25) is 0 Å². The topological polar surface area (TPSA) is 32.9 Å². The molecule has 1 N–H and O–H groups in total. The molecule has 1 aliphatic carbocycles. The van der Waals surface area contributed by atoms with Gasteiger partial charge < -0.3 is 4.98 Å². The van der Waals surface area contributed by atoms with E-state index in [9.17, 15) is 4.79 Å². The predicted molar refractivity (Wildman–Crippen MR) is 56.2 cm³/mol. The molecule has 1 aliphatic rings. The van der Waals surface area contributed by atoms with Gasteiger partial charge in [-0.2, -0.15) is 0 Å². The Morgan fingerprint density at radius 2 is 2.29 bits per heavy atom. The van der Waals surface area contributed by atoms with Gasteiger partial charge in [-0.3, -0.25) is 4.79 Å². The quantitative estimate of drug-likeness (QED) is 0.727. The van der Waals surface area contributed by atoms with Crippen LogP contribution in [0.5, 0.6) is 0 Å². The molecular weight excluding hydrogens is 174 g/mol. The standard InChI is InChI=1S/C12H17NO/c1-12(2)6-5-9(14)8-10(12)11-4-3-7-13-11/h3-4,7,10,13H,5-6,8H2,1-2H3. The van der Waals surface area contributed by atoms with E-state index in [1.54, 1.807) is 0 Å². The van der Waals surface area contributed by atoms with Gasteiger partial charge in [0.1, 0.15) is 5.78 Å². The van der Waals surface area contributed by atoms with E-state index in [2.05, 4.69) is 24.9 Å². The number of hydrogen-bond acceptors (Lipinski definition) is 1. The van der Waals surface area contributed by atoms with Crippen LogP contribution in [0.3, 0.4) is 0 Å². The number of H-pyrrole nitrogens is 1. The fourth-order valence-corrected chi connectivity index (χ4v) is 2.33. The first-order valence-corrected chi connectivity index (χ1v) is 5.24. The van der Waals surface area contributed by atoms with Crippen LogP contribution in [0.25, 0.3) is 0 Å². The van der Waals surface area contributed by atoms with Crippen LogP contribution in [-0.2, 0) is 4.79 Å². The Hall–Kier alpha value is -1.05. The number of aromatic amines is 1. The van der Waals surface area contributed by atoms with Crippen LogP contribution in [0.4, 0.5) is 0 Å². The van der Waals surface area contributed by atoms with Gasteiger partial charge in [0.15, 0.2) is 0 Å². The minimum atomic E-state index is 0.249. The van der Waals surface area contributed by atoms with Crippen molar-refractivity contribution in [2.75, 3.05) is 0 Å². The highest BCUT2D eigenvalue weighted by atomic mass is 16.1. The summed E-state index contributed by atoms with van der Waals surface area (Å²) in [5, 5.41) is 0. The van der Waals surface area contributed by atoms with Crippen LogP contribution in [0.1, 0.15) is 44.7 Å². The number of carbonyl (C=O) groups excluding carboxylic acids is 1. The van der Waals surface area contributed by atoms with Gasteiger partial charge in [-0.25, -0.2) is 0 Å². The number of nitrogens with one attached hydrogen (secondary N) is 1. The molecule has 2 heteroatoms. The molecule has 2 rings (SSSR count). The second-order valence-corrected chi connectivity index (χ2v) is 4.91. The first kappa shape index (κ1) is 9.50. The van der Waals surface area contributed by atoms with Crippen molar-refractivity contribution >= 4 is 5.78 Å². The Kier molecular flexibility index (Phi) is 2.22. The van der Waals surface area contributed by atoms with Crippen LogP contribution >= 0.6 is 0 Å². The molecule has 0 bridgehead atoms. The number of Topliss-reactive ketones (excluding diaryl/α,β-unsaturated/α-hetero) is 1. The molecule has 0 saturated heterocycles. The number of carbonyl (C=O) groups is 1. The Bertz CT molecular complexity index is 324. The summed E-state index contributed by atoms with van der Waals surface area (Å²) in [4.78, 5) is 14.7. The summed E-state index contributed by atoms with van der Waals surface area (Å²) in [6.45, 7) is 4.51. The fourth-order valence-electron chi connectivity index (χ4n) is 2.33. The van der Waals surface area contributed by atoms with Crippen LogP contribution < -0.4 is 0 Å². The monoisotopic (exact) mass is 191 g/mol. The average Bonchev–Trinajstić information content (AvgIpc) is 2.62. The zero-order chi connectivity index (χ0) is 10.2. The molecule has 0 amide bonds. The molecule has 0 radical (unpaired) electrons. The molecule has 1 heterocycles. The van der Waals surface area contributed by atoms with Crippen molar-refractivity contribution in [2.24, 2.45) is 5.41 Å². The van der Waals surface area contributed by atoms with E-state index in [-0.39, 0.29) is 5.41 Å². The van der Waals surface area contributed by atoms with Gasteiger partial charge in [0.05, 0.1) is 0 Å². The van der Waals surface area contributed by atoms with E-state index < -0.39 is 0 Å². The van der Waals surface area contributed by atoms with Crippen molar-refractivity contribution in [3.63, 3.8) is 0 Å². The van der Waals surface area contributed by atoms with Gasteiger partial charge in [-0.05, 0) is 24.0 Å². The Balaban J connectivity index is 2.27. The molecule has 1 aromatic heterocycles. The van der Waals surface area contributed by atoms with Gasteiger partial charge in [0.25, 0.3) is 0 Å². The van der Waals surface area contributed by atoms with Gasteiger partial charge >= 0.3 is 0 Å². The van der Waals surface area contributed by atoms with Crippen LogP contribution in [-0.4, -0.2) is 10.8 Å². The summed E-state index contributed by atoms with van der Waals surface area (Å²) < 4.78 is 0. The summed E-state index contributed by atoms with van der Waals surface area (Å²) in [5.41, 5.74) is 1.46. The maximum absolute atomic E-state index is 11.4. The maximum atomic E-state index is 11.4. The van der Waals surface area contributed by atoms with E-state index in [1.165, 1.54) is 5.69 Å². The molecular formula is C12H17NO. The average molecular weight is 191 g/mol. The summed E-state index contributed by atoms with van der Waals surface area (Å²) >= 11 is 0. The third-order valence-electron chi connectivity index (χ3n) is 3.42. The lowest BCUT2D eigenvalue weighted by Crippen LogP contribution is -2.30. The highest BCUT2D eigenvalue weighted by Gasteiger charge is 2.36. The van der Waals surface area contributed by atoms with E-state index in [1.807, 2.05) is 12.3 Å². The van der Waals surface area contributed by atoms with E-state index in [0.29, 0.717) is 18.1 Å². The molecule has 14 heavy (non-hydrogen) atoms. The highest BCUT2D eigenvalue weighted by Crippen LogP contribution is 2.44. The highest BCUT2D eigenvalue weighted by molar-refractivity contribution is 5.80. The third-order valence-corrected chi connectivity index (χ3v) is 3.42. The molecule has 1 fully saturated rings. The van der Waals surface area contributed by atoms with E-state index >= 15 is 0 Å². The second-order valence-electron chi connectivity index (χ2n) is 4.91. The van der Waals surface area contributed by atoms with Gasteiger partial charge in [-0.15, -0.1) is 0 Å². The Labute approximate surface area is 84.7 Å². The normalized spacial score (nSPS) is 26.4. The van der Waals surface area contributed by atoms with Crippen molar-refractivity contribution in [2.45, 2.75) is 39.0 Å². The number of rotatable bonds is 1. The lowest BCUT2D eigenvalue weighted by Gasteiger charge is -2.37. The molecule has 1 saturated carbocycles. The van der Waals surface area contributed by atoms with Crippen molar-refractivity contribution in [1.82, 2.24) is 4.98 Å². The molecule has 2 nitrogen and oxygen atoms in total. The largest absolute Gasteiger partial charge is 0.365 e. The Morgan fingerprint density at radius 1 is 1.50 bits per heavy atom. The van der Waals surface area contributed by atoms with Crippen molar-refractivity contribution in [3.05, 3.63) is 24.0 Å². The molecule has 0 aliphatic heterocycles. The van der Waals surface area contributed by atoms with Crippen LogP contribution in [0, 0.1) is 5.41 Å². The molecule has 1 unspecified atom stereocenters. The van der Waals surface area contributed by atoms with Gasteiger partial charge in [0.2, 0.25) is 0 Å². The van der Waals surface area contributed by atoms with Crippen molar-refractivity contribution in [1.29, 1.82) is 0 Å². The molecule has 1 atom stereocenters. The minimum absolute atomic E-state index is 0.249. The second kappa shape index (κ2) is 3.26. The predicted octanol–water partition coefficient (Wildman–Crippen LogP) is 2.88. The minimum Gasteiger partial charge on any atom is -0.365 e. The molecule has 76 valence electrons.